The number of fused-ring (bicyclic) bond motifs is 1. The maximum absolute atomic E-state index is 4.79. The second-order valence-electron chi connectivity index (χ2n) is 6.27. The minimum atomic E-state index is 0.675. The number of aromatic nitrogens is 4. The summed E-state index contributed by atoms with van der Waals surface area (Å²) in [6, 6.07) is 2.13. The lowest BCUT2D eigenvalue weighted by Crippen LogP contribution is -2.34. The first-order valence-electron chi connectivity index (χ1n) is 7.98. The van der Waals surface area contributed by atoms with Gasteiger partial charge in [-0.3, -0.25) is 4.90 Å². The SMILES string of the molecule is c1cc(-c2nc(CN3CCn4c(nnc4C4CC4)C3)cs2)cs1. The molecule has 7 heteroatoms. The van der Waals surface area contributed by atoms with Gasteiger partial charge in [0.15, 0.2) is 0 Å². The molecule has 0 bridgehead atoms. The Morgan fingerprint density at radius 2 is 2.13 bits per heavy atom. The predicted octanol–water partition coefficient (Wildman–Crippen LogP) is 3.36. The monoisotopic (exact) mass is 343 g/mol. The lowest BCUT2D eigenvalue weighted by molar-refractivity contribution is 0.205. The van der Waals surface area contributed by atoms with Crippen molar-refractivity contribution in [1.82, 2.24) is 24.6 Å². The molecule has 0 radical (unpaired) electrons. The van der Waals surface area contributed by atoms with Gasteiger partial charge in [-0.25, -0.2) is 4.98 Å². The Bertz CT molecular complexity index is 816. The van der Waals surface area contributed by atoms with E-state index in [4.69, 9.17) is 4.98 Å². The highest BCUT2D eigenvalue weighted by molar-refractivity contribution is 7.14. The number of thiazole rings is 1. The third-order valence-electron chi connectivity index (χ3n) is 4.51. The number of hydrogen-bond donors (Lipinski definition) is 0. The Labute approximate surface area is 142 Å². The molecule has 3 aromatic heterocycles. The summed E-state index contributed by atoms with van der Waals surface area (Å²) in [6.45, 7) is 3.84. The van der Waals surface area contributed by atoms with Crippen LogP contribution in [0.3, 0.4) is 0 Å². The van der Waals surface area contributed by atoms with E-state index in [9.17, 15) is 0 Å². The first kappa shape index (κ1) is 13.8. The van der Waals surface area contributed by atoms with Crippen molar-refractivity contribution in [3.8, 4) is 10.6 Å². The second-order valence-corrected chi connectivity index (χ2v) is 7.91. The third kappa shape index (κ3) is 2.62. The maximum Gasteiger partial charge on any atom is 0.147 e. The number of thiophene rings is 1. The topological polar surface area (TPSA) is 46.8 Å². The summed E-state index contributed by atoms with van der Waals surface area (Å²) in [5.74, 6) is 3.01. The molecule has 1 aliphatic carbocycles. The van der Waals surface area contributed by atoms with E-state index < -0.39 is 0 Å². The van der Waals surface area contributed by atoms with Crippen LogP contribution in [0.4, 0.5) is 0 Å². The number of rotatable bonds is 4. The molecular weight excluding hydrogens is 326 g/mol. The van der Waals surface area contributed by atoms with E-state index in [1.807, 2.05) is 0 Å². The standard InChI is InChI=1S/C16H17N5S2/c1-2-11(1)15-19-18-14-8-20(4-5-21(14)15)7-13-10-23-16(17-13)12-3-6-22-9-12/h3,6,9-11H,1-2,4-5,7-8H2. The van der Waals surface area contributed by atoms with Gasteiger partial charge in [0.25, 0.3) is 0 Å². The zero-order chi connectivity index (χ0) is 15.2. The van der Waals surface area contributed by atoms with Gasteiger partial charge in [0.2, 0.25) is 0 Å². The van der Waals surface area contributed by atoms with Gasteiger partial charge >= 0.3 is 0 Å². The van der Waals surface area contributed by atoms with Crippen LogP contribution in [0.1, 0.15) is 36.1 Å². The molecule has 0 unspecified atom stereocenters. The minimum Gasteiger partial charge on any atom is -0.312 e. The van der Waals surface area contributed by atoms with Crippen molar-refractivity contribution in [2.75, 3.05) is 6.54 Å². The van der Waals surface area contributed by atoms with E-state index >= 15 is 0 Å². The van der Waals surface area contributed by atoms with Gasteiger partial charge < -0.3 is 4.57 Å². The highest BCUT2D eigenvalue weighted by atomic mass is 32.1. The summed E-state index contributed by atoms with van der Waals surface area (Å²) < 4.78 is 2.34. The summed E-state index contributed by atoms with van der Waals surface area (Å²) in [5, 5.41) is 16.4. The van der Waals surface area contributed by atoms with Crippen LogP contribution in [0.2, 0.25) is 0 Å². The normalized spacial score (nSPS) is 18.3. The van der Waals surface area contributed by atoms with Crippen molar-refractivity contribution in [2.24, 2.45) is 0 Å². The van der Waals surface area contributed by atoms with Crippen LogP contribution in [-0.4, -0.2) is 31.2 Å². The Morgan fingerprint density at radius 3 is 2.96 bits per heavy atom. The Morgan fingerprint density at radius 1 is 1.17 bits per heavy atom. The van der Waals surface area contributed by atoms with Crippen LogP contribution in [0.5, 0.6) is 0 Å². The molecule has 5 nitrogen and oxygen atoms in total. The van der Waals surface area contributed by atoms with Crippen LogP contribution < -0.4 is 0 Å². The Hall–Kier alpha value is -1.57. The lowest BCUT2D eigenvalue weighted by Gasteiger charge is -2.27. The smallest absolute Gasteiger partial charge is 0.147 e. The molecule has 0 aromatic carbocycles. The van der Waals surface area contributed by atoms with Crippen LogP contribution in [0.25, 0.3) is 10.6 Å². The molecule has 23 heavy (non-hydrogen) atoms. The molecule has 4 heterocycles. The molecule has 2 aliphatic rings. The maximum atomic E-state index is 4.79. The molecule has 5 rings (SSSR count). The number of nitrogens with zero attached hydrogens (tertiary/aromatic N) is 5. The van der Waals surface area contributed by atoms with Gasteiger partial charge in [0.05, 0.1) is 12.2 Å². The van der Waals surface area contributed by atoms with Crippen molar-refractivity contribution in [2.45, 2.75) is 38.4 Å². The fourth-order valence-corrected chi connectivity index (χ4v) is 4.66. The average Bonchev–Trinajstić information content (AvgIpc) is 2.99. The minimum absolute atomic E-state index is 0.675. The van der Waals surface area contributed by atoms with Gasteiger partial charge in [-0.1, -0.05) is 0 Å². The van der Waals surface area contributed by atoms with E-state index in [0.717, 1.165) is 42.7 Å². The molecule has 0 saturated heterocycles. The van der Waals surface area contributed by atoms with Gasteiger partial charge in [0.1, 0.15) is 16.7 Å². The second kappa shape index (κ2) is 5.51. The fourth-order valence-electron chi connectivity index (χ4n) is 3.14. The summed E-state index contributed by atoms with van der Waals surface area (Å²) in [6.07, 6.45) is 2.57. The van der Waals surface area contributed by atoms with E-state index in [1.54, 1.807) is 22.7 Å². The predicted molar refractivity (Wildman–Crippen MR) is 91.5 cm³/mol. The summed E-state index contributed by atoms with van der Waals surface area (Å²) in [4.78, 5) is 7.21. The van der Waals surface area contributed by atoms with Gasteiger partial charge in [-0.15, -0.1) is 21.5 Å². The molecule has 1 fully saturated rings. The lowest BCUT2D eigenvalue weighted by atomic mass is 10.3. The zero-order valence-corrected chi connectivity index (χ0v) is 14.3. The first-order chi connectivity index (χ1) is 11.4. The molecule has 1 saturated carbocycles. The quantitative estimate of drug-likeness (QED) is 0.729. The largest absolute Gasteiger partial charge is 0.312 e. The molecular formula is C16H17N5S2. The summed E-state index contributed by atoms with van der Waals surface area (Å²) in [5.41, 5.74) is 2.39. The summed E-state index contributed by atoms with van der Waals surface area (Å²) >= 11 is 3.45. The molecule has 118 valence electrons. The van der Waals surface area contributed by atoms with Gasteiger partial charge in [-0.05, 0) is 24.3 Å². The first-order valence-corrected chi connectivity index (χ1v) is 9.80. The van der Waals surface area contributed by atoms with E-state index in [2.05, 4.69) is 41.9 Å². The Balaban J connectivity index is 1.30. The molecule has 3 aromatic rings. The molecule has 0 spiro atoms. The Kier molecular flexibility index (Phi) is 3.31. The molecule has 0 atom stereocenters. The van der Waals surface area contributed by atoms with Crippen molar-refractivity contribution in [1.29, 1.82) is 0 Å². The number of hydrogen-bond acceptors (Lipinski definition) is 6. The summed E-state index contributed by atoms with van der Waals surface area (Å²) in [7, 11) is 0. The molecule has 0 amide bonds. The van der Waals surface area contributed by atoms with Crippen molar-refractivity contribution >= 4 is 22.7 Å². The zero-order valence-electron chi connectivity index (χ0n) is 12.7. The van der Waals surface area contributed by atoms with E-state index in [0.29, 0.717) is 5.92 Å². The highest BCUT2D eigenvalue weighted by Gasteiger charge is 2.32. The third-order valence-corrected chi connectivity index (χ3v) is 6.13. The highest BCUT2D eigenvalue weighted by Crippen LogP contribution is 2.39. The average molecular weight is 343 g/mol. The van der Waals surface area contributed by atoms with Crippen molar-refractivity contribution in [3.05, 3.63) is 39.5 Å². The van der Waals surface area contributed by atoms with E-state index in [1.165, 1.54) is 24.2 Å². The molecule has 0 N–H and O–H groups in total. The van der Waals surface area contributed by atoms with Crippen molar-refractivity contribution < 1.29 is 0 Å². The van der Waals surface area contributed by atoms with Gasteiger partial charge in [0, 0.05) is 41.9 Å². The van der Waals surface area contributed by atoms with Crippen LogP contribution >= 0.6 is 22.7 Å². The molecule has 1 aliphatic heterocycles. The van der Waals surface area contributed by atoms with Crippen LogP contribution in [0, 0.1) is 0 Å². The van der Waals surface area contributed by atoms with E-state index in [-0.39, 0.29) is 0 Å². The van der Waals surface area contributed by atoms with Crippen molar-refractivity contribution in [3.63, 3.8) is 0 Å². The fraction of sp³-hybridized carbons (Fsp3) is 0.438. The van der Waals surface area contributed by atoms with Crippen LogP contribution in [0.15, 0.2) is 22.2 Å². The van der Waals surface area contributed by atoms with Gasteiger partial charge in [-0.2, -0.15) is 11.3 Å². The van der Waals surface area contributed by atoms with Crippen LogP contribution in [-0.2, 0) is 19.6 Å².